The lowest BCUT2D eigenvalue weighted by Crippen LogP contribution is -2.40. The number of ether oxygens (including phenoxy) is 1. The summed E-state index contributed by atoms with van der Waals surface area (Å²) in [5, 5.41) is 0. The van der Waals surface area contributed by atoms with Gasteiger partial charge in [0.2, 0.25) is 17.4 Å². The van der Waals surface area contributed by atoms with E-state index in [1.165, 1.54) is 0 Å². The summed E-state index contributed by atoms with van der Waals surface area (Å²) < 4.78 is 83.7. The summed E-state index contributed by atoms with van der Waals surface area (Å²) in [4.78, 5) is 12.8. The highest BCUT2D eigenvalue weighted by Gasteiger charge is 2.50. The summed E-state index contributed by atoms with van der Waals surface area (Å²) in [7, 11) is 12.1. The molecule has 3 rings (SSSR count). The molecule has 2 aromatic carbocycles. The second kappa shape index (κ2) is 7.61. The molecule has 1 atom stereocenters. The molecule has 0 bridgehead atoms. The number of alkyl halides is 3. The van der Waals surface area contributed by atoms with Crippen LogP contribution in [0.4, 0.5) is 17.6 Å². The number of Topliss-reactive ketones (excluding diaryl/α,β-unsaturated/α-hetero) is 1. The molecule has 160 valence electrons. The van der Waals surface area contributed by atoms with Gasteiger partial charge in [-0.25, -0.2) is 4.39 Å². The minimum Gasteiger partial charge on any atom is -0.467 e. The number of rotatable bonds is 5. The van der Waals surface area contributed by atoms with Crippen LogP contribution in [0, 0.1) is 5.82 Å². The number of nitrogens with two attached hydrogens (primary N) is 1. The van der Waals surface area contributed by atoms with Gasteiger partial charge < -0.3 is 14.7 Å². The van der Waals surface area contributed by atoms with Gasteiger partial charge in [0.15, 0.2) is 5.50 Å². The Bertz CT molecular complexity index is 1200. The molecule has 1 heterocycles. The standard InChI is InChI=1S/C18H10B3F4NO5S/c19-16(9-1-3-11(4-2-9)18(23,24)25)14(27)13(15(26)30-16)31-32(28,29)17(20,21)10-5-7-12(22)8-6-10/h1-8H,26H2. The van der Waals surface area contributed by atoms with Crippen LogP contribution in [0.25, 0.3) is 0 Å². The van der Waals surface area contributed by atoms with Gasteiger partial charge in [-0.3, -0.25) is 4.79 Å². The first-order chi connectivity index (χ1) is 14.6. The molecule has 1 aliphatic rings. The van der Waals surface area contributed by atoms with Gasteiger partial charge in [-0.15, -0.1) is 0 Å². The molecule has 0 saturated heterocycles. The number of halogens is 4. The summed E-state index contributed by atoms with van der Waals surface area (Å²) in [6.45, 7) is 0. The average Bonchev–Trinajstić information content (AvgIpc) is 2.91. The van der Waals surface area contributed by atoms with Crippen LogP contribution in [0.3, 0.4) is 0 Å². The Hall–Kier alpha value is -2.89. The molecule has 0 amide bonds. The van der Waals surface area contributed by atoms with Gasteiger partial charge in [-0.2, -0.15) is 21.6 Å². The maximum atomic E-state index is 13.1. The van der Waals surface area contributed by atoms with E-state index in [4.69, 9.17) is 38.2 Å². The van der Waals surface area contributed by atoms with Crippen LogP contribution < -0.4 is 5.73 Å². The molecule has 0 spiro atoms. The van der Waals surface area contributed by atoms with Crippen molar-refractivity contribution < 1.29 is 39.7 Å². The summed E-state index contributed by atoms with van der Waals surface area (Å²) in [5.74, 6) is -3.95. The highest BCUT2D eigenvalue weighted by molar-refractivity contribution is 7.90. The van der Waals surface area contributed by atoms with Crippen molar-refractivity contribution in [2.75, 3.05) is 0 Å². The molecule has 6 radical (unpaired) electrons. The summed E-state index contributed by atoms with van der Waals surface area (Å²) in [5.41, 5.74) is 1.50. The second-order valence-corrected chi connectivity index (χ2v) is 8.52. The molecule has 1 unspecified atom stereocenters. The van der Waals surface area contributed by atoms with Gasteiger partial charge in [0.25, 0.3) is 0 Å². The van der Waals surface area contributed by atoms with E-state index in [0.29, 0.717) is 12.1 Å². The molecule has 2 aromatic rings. The Kier molecular flexibility index (Phi) is 5.65. The maximum absolute atomic E-state index is 13.1. The molecule has 1 aliphatic heterocycles. The maximum Gasteiger partial charge on any atom is 0.416 e. The quantitative estimate of drug-likeness (QED) is 0.411. The number of carbonyl (C=O) groups excluding carboxylic acids is 1. The van der Waals surface area contributed by atoms with Gasteiger partial charge in [0.1, 0.15) is 13.7 Å². The molecular formula is C18H10B3F4NO5S. The second-order valence-electron chi connectivity index (χ2n) is 6.77. The van der Waals surface area contributed by atoms with Gasteiger partial charge in [0, 0.05) is 0 Å². The highest BCUT2D eigenvalue weighted by Crippen LogP contribution is 2.39. The number of benzene rings is 2. The van der Waals surface area contributed by atoms with E-state index in [9.17, 15) is 30.8 Å². The third-order valence-electron chi connectivity index (χ3n) is 4.58. The normalized spacial score (nSPS) is 19.7. The topological polar surface area (TPSA) is 95.7 Å². The molecule has 14 heteroatoms. The van der Waals surface area contributed by atoms with E-state index in [1.807, 2.05) is 0 Å². The van der Waals surface area contributed by atoms with E-state index in [2.05, 4.69) is 0 Å². The number of carbonyl (C=O) groups is 1. The third kappa shape index (κ3) is 3.99. The first-order valence-corrected chi connectivity index (χ1v) is 9.98. The van der Waals surface area contributed by atoms with Crippen molar-refractivity contribution in [1.29, 1.82) is 0 Å². The van der Waals surface area contributed by atoms with E-state index < -0.39 is 55.1 Å². The lowest BCUT2D eigenvalue weighted by atomic mass is 9.65. The van der Waals surface area contributed by atoms with E-state index in [0.717, 1.165) is 36.4 Å². The van der Waals surface area contributed by atoms with Crippen LogP contribution in [0.2, 0.25) is 0 Å². The molecule has 0 aromatic heterocycles. The minimum atomic E-state index is -5.04. The SMILES string of the molecule is [B]C1(c2ccc(C(F)(F)F)cc2)OC(N)=C(OS(=O)(=O)C([B])([B])c2ccc(F)cc2)C1=O. The highest BCUT2D eigenvalue weighted by atomic mass is 32.2. The van der Waals surface area contributed by atoms with Crippen LogP contribution in [-0.4, -0.2) is 37.7 Å². The Labute approximate surface area is 184 Å². The van der Waals surface area contributed by atoms with E-state index in [-0.39, 0.29) is 11.1 Å². The van der Waals surface area contributed by atoms with E-state index in [1.54, 1.807) is 0 Å². The van der Waals surface area contributed by atoms with Gasteiger partial charge in [-0.1, -0.05) is 24.3 Å². The molecule has 6 nitrogen and oxygen atoms in total. The van der Waals surface area contributed by atoms with Gasteiger partial charge in [0.05, 0.1) is 25.8 Å². The van der Waals surface area contributed by atoms with Crippen molar-refractivity contribution in [2.24, 2.45) is 5.73 Å². The molecule has 32 heavy (non-hydrogen) atoms. The fourth-order valence-corrected chi connectivity index (χ4v) is 3.70. The summed E-state index contributed by atoms with van der Waals surface area (Å²) in [6.07, 6.45) is -4.65. The Morgan fingerprint density at radius 3 is 1.97 bits per heavy atom. The van der Waals surface area contributed by atoms with Crippen molar-refractivity contribution in [3.05, 3.63) is 82.7 Å². The van der Waals surface area contributed by atoms with Crippen LogP contribution in [0.5, 0.6) is 0 Å². The van der Waals surface area contributed by atoms with Crippen LogP contribution in [-0.2, 0) is 40.1 Å². The zero-order valence-corrected chi connectivity index (χ0v) is 16.7. The first kappa shape index (κ1) is 23.8. The van der Waals surface area contributed by atoms with Crippen molar-refractivity contribution in [2.45, 2.75) is 16.2 Å². The zero-order chi connectivity index (χ0) is 24.1. The summed E-state index contributed by atoms with van der Waals surface area (Å²) >= 11 is 0. The Balaban J connectivity index is 1.90. The number of hydrogen-bond donors (Lipinski definition) is 1. The fraction of sp³-hybridized carbons (Fsp3) is 0.167. The first-order valence-electron chi connectivity index (χ1n) is 8.57. The predicted molar refractivity (Wildman–Crippen MR) is 106 cm³/mol. The van der Waals surface area contributed by atoms with Crippen LogP contribution in [0.15, 0.2) is 60.2 Å². The zero-order valence-electron chi connectivity index (χ0n) is 15.9. The predicted octanol–water partition coefficient (Wildman–Crippen LogP) is 1.39. The minimum absolute atomic E-state index is 0.264. The van der Waals surface area contributed by atoms with Crippen molar-refractivity contribution in [3.8, 4) is 0 Å². The number of hydrogen-bond acceptors (Lipinski definition) is 6. The van der Waals surface area contributed by atoms with Crippen molar-refractivity contribution in [3.63, 3.8) is 0 Å². The monoisotopic (exact) mass is 461 g/mol. The lowest BCUT2D eigenvalue weighted by molar-refractivity contribution is -0.137. The smallest absolute Gasteiger partial charge is 0.416 e. The molecular weight excluding hydrogens is 451 g/mol. The number of ketones is 1. The lowest BCUT2D eigenvalue weighted by Gasteiger charge is -2.26. The Morgan fingerprint density at radius 1 is 0.969 bits per heavy atom. The molecule has 0 fully saturated rings. The van der Waals surface area contributed by atoms with E-state index >= 15 is 0 Å². The largest absolute Gasteiger partial charge is 0.467 e. The average molecular weight is 461 g/mol. The van der Waals surface area contributed by atoms with Gasteiger partial charge >= 0.3 is 16.3 Å². The molecule has 0 saturated carbocycles. The van der Waals surface area contributed by atoms with Crippen LogP contribution >= 0.6 is 0 Å². The third-order valence-corrected chi connectivity index (χ3v) is 6.03. The Morgan fingerprint density at radius 2 is 1.47 bits per heavy atom. The van der Waals surface area contributed by atoms with Gasteiger partial charge in [-0.05, 0) is 35.4 Å². The summed E-state index contributed by atoms with van der Waals surface area (Å²) in [6, 6.07) is 6.77. The fourth-order valence-electron chi connectivity index (χ4n) is 2.76. The van der Waals surface area contributed by atoms with Crippen LogP contribution in [0.1, 0.15) is 16.7 Å². The van der Waals surface area contributed by atoms with Crippen molar-refractivity contribution in [1.82, 2.24) is 0 Å². The molecule has 2 N–H and O–H groups in total. The molecule has 0 aliphatic carbocycles. The van der Waals surface area contributed by atoms with Crippen molar-refractivity contribution >= 4 is 39.4 Å².